The van der Waals surface area contributed by atoms with Crippen LogP contribution in [0.4, 0.5) is 0 Å². The fraction of sp³-hybridized carbons (Fsp3) is 0.800. The first-order valence-electron chi connectivity index (χ1n) is 7.08. The van der Waals surface area contributed by atoms with E-state index in [-0.39, 0.29) is 12.1 Å². The van der Waals surface area contributed by atoms with E-state index < -0.39 is 0 Å². The molecular formula is C15H28O3. The molecule has 0 aromatic rings. The van der Waals surface area contributed by atoms with E-state index in [1.165, 1.54) is 25.7 Å². The van der Waals surface area contributed by atoms with Gasteiger partial charge in [-0.05, 0) is 26.2 Å². The summed E-state index contributed by atoms with van der Waals surface area (Å²) in [7, 11) is 0. The Bertz CT molecular complexity index is 236. The molecule has 0 saturated carbocycles. The lowest BCUT2D eigenvalue weighted by Gasteiger charge is -2.10. The number of carbonyl (C=O) groups is 1. The van der Waals surface area contributed by atoms with Gasteiger partial charge in [-0.15, -0.1) is 0 Å². The molecule has 1 atom stereocenters. The number of hydrogen-bond donors (Lipinski definition) is 1. The van der Waals surface area contributed by atoms with Crippen LogP contribution in [-0.2, 0) is 9.53 Å². The molecule has 0 aromatic carbocycles. The molecule has 3 heteroatoms. The van der Waals surface area contributed by atoms with Crippen molar-refractivity contribution in [1.29, 1.82) is 0 Å². The summed E-state index contributed by atoms with van der Waals surface area (Å²) in [6, 6.07) is 0. The van der Waals surface area contributed by atoms with E-state index >= 15 is 0 Å². The number of carbonyl (C=O) groups excluding carboxylic acids is 1. The molecule has 106 valence electrons. The van der Waals surface area contributed by atoms with Crippen molar-refractivity contribution in [3.8, 4) is 0 Å². The fourth-order valence-electron chi connectivity index (χ4n) is 1.73. The van der Waals surface area contributed by atoms with Gasteiger partial charge in [-0.3, -0.25) is 0 Å². The summed E-state index contributed by atoms with van der Waals surface area (Å²) in [5.41, 5.74) is 0.423. The van der Waals surface area contributed by atoms with Gasteiger partial charge >= 0.3 is 5.97 Å². The van der Waals surface area contributed by atoms with Crippen LogP contribution < -0.4 is 0 Å². The third-order valence-corrected chi connectivity index (χ3v) is 2.90. The van der Waals surface area contributed by atoms with Gasteiger partial charge in [0.15, 0.2) is 0 Å². The van der Waals surface area contributed by atoms with E-state index in [0.29, 0.717) is 18.6 Å². The molecule has 0 heterocycles. The molecule has 18 heavy (non-hydrogen) atoms. The Morgan fingerprint density at radius 2 is 1.78 bits per heavy atom. The summed E-state index contributed by atoms with van der Waals surface area (Å²) in [5.74, 6) is -0.343. The second kappa shape index (κ2) is 11.3. The van der Waals surface area contributed by atoms with Crippen LogP contribution in [0.3, 0.4) is 0 Å². The molecule has 0 radical (unpaired) electrons. The van der Waals surface area contributed by atoms with E-state index in [2.05, 4.69) is 13.5 Å². The van der Waals surface area contributed by atoms with Crippen molar-refractivity contribution in [3.63, 3.8) is 0 Å². The summed E-state index contributed by atoms with van der Waals surface area (Å²) in [6.07, 6.45) is 8.12. The van der Waals surface area contributed by atoms with Crippen molar-refractivity contribution in [1.82, 2.24) is 0 Å². The summed E-state index contributed by atoms with van der Waals surface area (Å²) in [5, 5.41) is 9.72. The summed E-state index contributed by atoms with van der Waals surface area (Å²) >= 11 is 0. The molecule has 0 spiro atoms. The normalized spacial score (nSPS) is 12.2. The highest BCUT2D eigenvalue weighted by Crippen LogP contribution is 2.10. The number of unbranched alkanes of at least 4 members (excludes halogenated alkanes) is 4. The van der Waals surface area contributed by atoms with Crippen molar-refractivity contribution < 1.29 is 14.6 Å². The van der Waals surface area contributed by atoms with Crippen molar-refractivity contribution >= 4 is 5.97 Å². The quantitative estimate of drug-likeness (QED) is 0.349. The number of hydrogen-bond acceptors (Lipinski definition) is 3. The molecule has 0 saturated heterocycles. The maximum absolute atomic E-state index is 11.1. The largest absolute Gasteiger partial charge is 0.462 e. The second-order valence-corrected chi connectivity index (χ2v) is 4.92. The van der Waals surface area contributed by atoms with Gasteiger partial charge in [0.2, 0.25) is 0 Å². The first-order valence-corrected chi connectivity index (χ1v) is 7.08. The molecule has 0 amide bonds. The van der Waals surface area contributed by atoms with Gasteiger partial charge in [0.05, 0.1) is 12.7 Å². The van der Waals surface area contributed by atoms with Crippen LogP contribution in [-0.4, -0.2) is 23.8 Å². The van der Waals surface area contributed by atoms with Crippen LogP contribution in [0.15, 0.2) is 12.2 Å². The van der Waals surface area contributed by atoms with Gasteiger partial charge < -0.3 is 9.84 Å². The average molecular weight is 256 g/mol. The Kier molecular flexibility index (Phi) is 10.8. The average Bonchev–Trinajstić information content (AvgIpc) is 2.34. The van der Waals surface area contributed by atoms with Gasteiger partial charge in [0.1, 0.15) is 0 Å². The van der Waals surface area contributed by atoms with E-state index in [4.69, 9.17) is 4.74 Å². The summed E-state index contributed by atoms with van der Waals surface area (Å²) in [4.78, 5) is 11.1. The Balaban J connectivity index is 3.34. The van der Waals surface area contributed by atoms with Crippen molar-refractivity contribution in [2.24, 2.45) is 0 Å². The molecular weight excluding hydrogens is 228 g/mol. The highest BCUT2D eigenvalue weighted by atomic mass is 16.5. The zero-order chi connectivity index (χ0) is 13.8. The van der Waals surface area contributed by atoms with Crippen LogP contribution >= 0.6 is 0 Å². The third kappa shape index (κ3) is 10.3. The Morgan fingerprint density at radius 3 is 2.39 bits per heavy atom. The molecule has 0 aliphatic rings. The van der Waals surface area contributed by atoms with Gasteiger partial charge in [-0.25, -0.2) is 4.79 Å². The topological polar surface area (TPSA) is 46.5 Å². The Hall–Kier alpha value is -0.830. The van der Waals surface area contributed by atoms with E-state index in [9.17, 15) is 9.90 Å². The molecule has 0 fully saturated rings. The predicted octanol–water partition coefficient (Wildman–Crippen LogP) is 3.61. The van der Waals surface area contributed by atoms with Crippen LogP contribution in [0, 0.1) is 0 Å². The number of aliphatic hydroxyl groups is 1. The number of rotatable bonds is 11. The molecule has 3 nitrogen and oxygen atoms in total. The molecule has 0 aromatic heterocycles. The minimum Gasteiger partial charge on any atom is -0.462 e. The van der Waals surface area contributed by atoms with Crippen LogP contribution in [0.25, 0.3) is 0 Å². The van der Waals surface area contributed by atoms with Gasteiger partial charge in [-0.2, -0.15) is 0 Å². The molecule has 0 rings (SSSR count). The van der Waals surface area contributed by atoms with Crippen molar-refractivity contribution in [3.05, 3.63) is 12.2 Å². The number of ether oxygens (including phenoxy) is 1. The molecule has 0 aliphatic carbocycles. The Morgan fingerprint density at radius 1 is 1.17 bits per heavy atom. The molecule has 1 unspecified atom stereocenters. The van der Waals surface area contributed by atoms with Gasteiger partial charge in [0, 0.05) is 5.57 Å². The maximum atomic E-state index is 11.1. The minimum atomic E-state index is -0.343. The SMILES string of the molecule is C=C(C)C(=O)OCCCC(O)CCCCCCC. The first kappa shape index (κ1) is 17.2. The minimum absolute atomic E-state index is 0.254. The predicted molar refractivity (Wildman–Crippen MR) is 74.4 cm³/mol. The van der Waals surface area contributed by atoms with Crippen molar-refractivity contribution in [2.75, 3.05) is 6.61 Å². The highest BCUT2D eigenvalue weighted by molar-refractivity contribution is 5.86. The van der Waals surface area contributed by atoms with Crippen molar-refractivity contribution in [2.45, 2.75) is 71.3 Å². The standard InChI is InChI=1S/C15H28O3/c1-4-5-6-7-8-10-14(16)11-9-12-18-15(17)13(2)3/h14,16H,2,4-12H2,1,3H3. The lowest BCUT2D eigenvalue weighted by Crippen LogP contribution is -2.10. The summed E-state index contributed by atoms with van der Waals surface area (Å²) in [6.45, 7) is 7.71. The van der Waals surface area contributed by atoms with Crippen LogP contribution in [0.2, 0.25) is 0 Å². The third-order valence-electron chi connectivity index (χ3n) is 2.90. The monoisotopic (exact) mass is 256 g/mol. The summed E-state index contributed by atoms with van der Waals surface area (Å²) < 4.78 is 4.96. The molecule has 0 bridgehead atoms. The van der Waals surface area contributed by atoms with Crippen LogP contribution in [0.5, 0.6) is 0 Å². The second-order valence-electron chi connectivity index (χ2n) is 4.92. The zero-order valence-corrected chi connectivity index (χ0v) is 11.9. The smallest absolute Gasteiger partial charge is 0.333 e. The molecule has 0 aliphatic heterocycles. The first-order chi connectivity index (χ1) is 8.57. The zero-order valence-electron chi connectivity index (χ0n) is 11.9. The lowest BCUT2D eigenvalue weighted by molar-refractivity contribution is -0.139. The Labute approximate surface area is 111 Å². The maximum Gasteiger partial charge on any atom is 0.333 e. The number of aliphatic hydroxyl groups excluding tert-OH is 1. The lowest BCUT2D eigenvalue weighted by atomic mass is 10.1. The van der Waals surface area contributed by atoms with E-state index in [1.807, 2.05) is 0 Å². The van der Waals surface area contributed by atoms with Gasteiger partial charge in [0.25, 0.3) is 0 Å². The van der Waals surface area contributed by atoms with Gasteiger partial charge in [-0.1, -0.05) is 45.6 Å². The van der Waals surface area contributed by atoms with E-state index in [0.717, 1.165) is 19.3 Å². The van der Waals surface area contributed by atoms with E-state index in [1.54, 1.807) is 6.92 Å². The fourth-order valence-corrected chi connectivity index (χ4v) is 1.73. The van der Waals surface area contributed by atoms with Crippen LogP contribution in [0.1, 0.15) is 65.2 Å². The molecule has 1 N–H and O–H groups in total. The highest BCUT2D eigenvalue weighted by Gasteiger charge is 2.06. The number of esters is 1.